The van der Waals surface area contributed by atoms with E-state index < -0.39 is 94.4 Å². The number of amides is 4. The van der Waals surface area contributed by atoms with Crippen molar-refractivity contribution in [2.24, 2.45) is 7.05 Å². The third-order valence-corrected chi connectivity index (χ3v) is 11.2. The molecule has 25 nitrogen and oxygen atoms in total. The lowest BCUT2D eigenvalue weighted by molar-refractivity contribution is -0.193. The van der Waals surface area contributed by atoms with E-state index in [4.69, 9.17) is 57.3 Å². The van der Waals surface area contributed by atoms with Gasteiger partial charge >= 0.3 is 23.9 Å². The number of carbonyl (C=O) groups excluding carboxylic acids is 4. The number of aromatic carboxylic acids is 1. The number of hydrogen-bond donors (Lipinski definition) is 6. The zero-order valence-electron chi connectivity index (χ0n) is 38.7. The molecule has 0 saturated carbocycles. The lowest BCUT2D eigenvalue weighted by atomic mass is 9.93. The molecule has 0 bridgehead atoms. The number of nitrogens with zero attached hydrogens (tertiary/aromatic N) is 5. The van der Waals surface area contributed by atoms with E-state index in [1.54, 1.807) is 4.72 Å². The lowest BCUT2D eigenvalue weighted by Crippen LogP contribution is -2.36. The molecule has 70 heavy (non-hydrogen) atoms. The fourth-order valence-electron chi connectivity index (χ4n) is 5.71. The van der Waals surface area contributed by atoms with Gasteiger partial charge in [0.2, 0.25) is 17.7 Å². The van der Waals surface area contributed by atoms with E-state index in [-0.39, 0.29) is 34.2 Å². The maximum atomic E-state index is 14.5. The summed E-state index contributed by atoms with van der Waals surface area (Å²) in [6.45, 7) is 1.45. The maximum Gasteiger partial charge on any atom is 0.344 e. The van der Waals surface area contributed by atoms with E-state index >= 15 is 0 Å². The molecule has 6 N–H and O–H groups in total. The SMILES string of the molecule is CCCCCOC(=O)COc1cc(N2C(=O)C3=C(CCCC3)C2=O)c(F)cc1Cl.COc1cc(OC)nc(NC(=O)NS(=O)(=O)c2c(C(=O)O)c(Cl)nn2C)n1.C[S+](C)C.O=C(O)CNCP(=O)([O-])O. The first kappa shape index (κ1) is 60.5. The number of rotatable bonds is 18. The Bertz CT molecular complexity index is 2530. The molecule has 1 atom stereocenters. The second-order valence-electron chi connectivity index (χ2n) is 14.6. The number of halogens is 3. The number of hydrogen-bond acceptors (Lipinski definition) is 18. The Morgan fingerprint density at radius 3 is 2.01 bits per heavy atom. The molecule has 2 aliphatic rings. The Labute approximate surface area is 413 Å². The minimum atomic E-state index is -4.64. The lowest BCUT2D eigenvalue weighted by Gasteiger charge is -2.18. The highest BCUT2D eigenvalue weighted by Crippen LogP contribution is 2.39. The van der Waals surface area contributed by atoms with Crippen LogP contribution in [-0.2, 0) is 56.4 Å². The van der Waals surface area contributed by atoms with Crippen molar-refractivity contribution in [1.29, 1.82) is 0 Å². The standard InChI is InChI=1S/C21H23ClFNO5.C12H13ClN6O7S.C3H8NO5P.C3H9S/c1-2-3-6-9-28-19(25)12-29-18-11-17(16(23)10-15(18)22)24-20(26)13-7-4-5-8-14(13)21(24)27;1-19-9(7(10(20)21)8(13)17-19)27(23,24)18-12(22)16-11-14-5(25-2)4-6(15-11)26-3;5-3(6)1-4-2-10(7,8)9;1-4(2)3/h10-11H,2-9,12H2,1H3;4H,1-3H3,(H,20,21)(H2,14,15,16,18,22);4H,1-2H2,(H,5,6)(H2,7,8,9);1-3H3/q;;;+1/p-1. The van der Waals surface area contributed by atoms with Crippen LogP contribution in [0.15, 0.2) is 34.4 Å². The Kier molecular flexibility index (Phi) is 24.5. The number of unbranched alkanes of at least 4 members (excludes halogenated alkanes) is 2. The summed E-state index contributed by atoms with van der Waals surface area (Å²) in [7, 11) is -4.57. The summed E-state index contributed by atoms with van der Waals surface area (Å²) in [5.41, 5.74) is -0.105. The van der Waals surface area contributed by atoms with Gasteiger partial charge in [-0.15, -0.1) is 0 Å². The van der Waals surface area contributed by atoms with Gasteiger partial charge in [0, 0.05) is 24.3 Å². The summed E-state index contributed by atoms with van der Waals surface area (Å²) >= 11 is 11.6. The van der Waals surface area contributed by atoms with Gasteiger partial charge in [0.15, 0.2) is 16.8 Å². The monoisotopic (exact) mass is 1090 g/mol. The molecule has 388 valence electrons. The number of ether oxygens (including phenoxy) is 4. The van der Waals surface area contributed by atoms with Crippen molar-refractivity contribution in [2.45, 2.75) is 56.9 Å². The number of aryl methyl sites for hydroxylation is 1. The second kappa shape index (κ2) is 28.3. The fourth-order valence-corrected chi connectivity index (χ4v) is 7.88. The van der Waals surface area contributed by atoms with Gasteiger partial charge in [-0.05, 0) is 49.1 Å². The Balaban J connectivity index is 0.000000379. The number of imide groups is 1. The summed E-state index contributed by atoms with van der Waals surface area (Å²) in [4.78, 5) is 96.6. The molecule has 0 radical (unpaired) electrons. The molecule has 0 spiro atoms. The third-order valence-electron chi connectivity index (χ3n) is 8.55. The molecule has 31 heteroatoms. The van der Waals surface area contributed by atoms with Crippen molar-refractivity contribution in [3.05, 3.63) is 50.9 Å². The summed E-state index contributed by atoms with van der Waals surface area (Å²) in [6.07, 6.45) is 11.3. The van der Waals surface area contributed by atoms with Crippen LogP contribution in [0.4, 0.5) is 20.8 Å². The van der Waals surface area contributed by atoms with Crippen LogP contribution in [0.2, 0.25) is 10.2 Å². The first-order valence-corrected chi connectivity index (χ1v) is 26.7. The van der Waals surface area contributed by atoms with E-state index in [1.807, 2.05) is 12.2 Å². The number of esters is 1. The highest BCUT2D eigenvalue weighted by molar-refractivity contribution is 7.94. The van der Waals surface area contributed by atoms with Crippen molar-refractivity contribution < 1.29 is 85.1 Å². The predicted octanol–water partition coefficient (Wildman–Crippen LogP) is 3.08. The number of carbonyl (C=O) groups is 6. The van der Waals surface area contributed by atoms with Gasteiger partial charge in [0.25, 0.3) is 21.8 Å². The van der Waals surface area contributed by atoms with E-state index in [0.29, 0.717) is 46.2 Å². The van der Waals surface area contributed by atoms with Crippen LogP contribution in [0.5, 0.6) is 17.5 Å². The normalized spacial score (nSPS) is 13.8. The molecule has 1 unspecified atom stereocenters. The molecule has 3 heterocycles. The molecule has 5 rings (SSSR count). The molecule has 3 aromatic rings. The summed E-state index contributed by atoms with van der Waals surface area (Å²) < 4.78 is 71.8. The van der Waals surface area contributed by atoms with Gasteiger partial charge in [-0.2, -0.15) is 23.5 Å². The summed E-state index contributed by atoms with van der Waals surface area (Å²) in [5.74, 6) is -5.43. The van der Waals surface area contributed by atoms with E-state index in [0.717, 1.165) is 50.1 Å². The van der Waals surface area contributed by atoms with Crippen molar-refractivity contribution in [3.8, 4) is 17.5 Å². The second-order valence-corrected chi connectivity index (χ2v) is 21.0. The number of nitrogens with one attached hydrogen (secondary N) is 3. The first-order valence-electron chi connectivity index (χ1n) is 20.3. The van der Waals surface area contributed by atoms with Gasteiger partial charge in [-0.25, -0.2) is 28.4 Å². The summed E-state index contributed by atoms with van der Waals surface area (Å²) in [5, 5.41) is 23.3. The van der Waals surface area contributed by atoms with Crippen LogP contribution < -0.4 is 39.4 Å². The number of benzene rings is 1. The molecule has 4 amide bonds. The number of carboxylic acid groups (broad SMARTS) is 2. The molecule has 0 fully saturated rings. The van der Waals surface area contributed by atoms with Crippen molar-refractivity contribution in [3.63, 3.8) is 0 Å². The minimum Gasteiger partial charge on any atom is -0.778 e. The highest BCUT2D eigenvalue weighted by atomic mass is 35.5. The van der Waals surface area contributed by atoms with Gasteiger partial charge in [-0.1, -0.05) is 43.0 Å². The molecule has 1 aromatic carbocycles. The smallest absolute Gasteiger partial charge is 0.344 e. The Morgan fingerprint density at radius 1 is 0.971 bits per heavy atom. The quantitative estimate of drug-likeness (QED) is 0.0350. The number of sulfonamides is 1. The van der Waals surface area contributed by atoms with Crippen molar-refractivity contribution in [1.82, 2.24) is 29.8 Å². The van der Waals surface area contributed by atoms with Crippen molar-refractivity contribution >= 4 is 99.1 Å². The molecule has 2 aromatic heterocycles. The highest BCUT2D eigenvalue weighted by Gasteiger charge is 2.41. The molecule has 0 saturated heterocycles. The molecule has 1 aliphatic heterocycles. The Morgan fingerprint density at radius 2 is 1.53 bits per heavy atom. The molecular formula is C39H52Cl2FN8O17PS2. The maximum absolute atomic E-state index is 14.5. The Hall–Kier alpha value is -5.61. The van der Waals surface area contributed by atoms with E-state index in [1.165, 1.54) is 26.4 Å². The number of anilines is 2. The van der Waals surface area contributed by atoms with E-state index in [2.05, 4.69) is 39.2 Å². The van der Waals surface area contributed by atoms with Crippen LogP contribution in [0.1, 0.15) is 62.2 Å². The zero-order valence-corrected chi connectivity index (χ0v) is 42.7. The van der Waals surface area contributed by atoms with Crippen LogP contribution in [0.3, 0.4) is 0 Å². The van der Waals surface area contributed by atoms with E-state index in [9.17, 15) is 51.0 Å². The number of aromatic nitrogens is 4. The largest absolute Gasteiger partial charge is 0.778 e. The van der Waals surface area contributed by atoms with Crippen LogP contribution >= 0.6 is 30.8 Å². The minimum absolute atomic E-state index is 0.000883. The van der Waals surface area contributed by atoms with Crippen LogP contribution in [-0.4, -0.2) is 138 Å². The van der Waals surface area contributed by atoms with Crippen LogP contribution in [0.25, 0.3) is 0 Å². The van der Waals surface area contributed by atoms with Crippen LogP contribution in [0, 0.1) is 5.82 Å². The summed E-state index contributed by atoms with van der Waals surface area (Å²) in [6, 6.07) is 2.21. The number of methoxy groups -OCH3 is 2. The fraction of sp³-hybridized carbons (Fsp3) is 0.462. The van der Waals surface area contributed by atoms with Gasteiger partial charge in [0.05, 0.1) is 69.2 Å². The number of carboxylic acids is 2. The van der Waals surface area contributed by atoms with Gasteiger partial charge < -0.3 is 43.5 Å². The third kappa shape index (κ3) is 19.3. The number of urea groups is 1. The molecular weight excluding hydrogens is 1040 g/mol. The predicted molar refractivity (Wildman–Crippen MR) is 250 cm³/mol. The molecule has 1 aliphatic carbocycles. The average molecular weight is 1090 g/mol. The zero-order chi connectivity index (χ0) is 53.1. The average Bonchev–Trinajstić information content (AvgIpc) is 3.71. The van der Waals surface area contributed by atoms with Gasteiger partial charge in [-0.3, -0.25) is 29.7 Å². The number of aliphatic carboxylic acids is 1. The van der Waals surface area contributed by atoms with Crippen molar-refractivity contribution in [2.75, 3.05) is 69.2 Å². The first-order chi connectivity index (χ1) is 32.7. The van der Waals surface area contributed by atoms with Gasteiger partial charge in [0.1, 0.15) is 24.7 Å². The topological polar surface area (TPSA) is 357 Å².